The van der Waals surface area contributed by atoms with Gasteiger partial charge < -0.3 is 74.8 Å². The number of aromatic nitrogens is 3. The molecule has 5 rings (SSSR count). The number of nitrogens with zero attached hydrogens (tertiary/aromatic N) is 5. The number of hydrogen-bond acceptors (Lipinski definition) is 20. The molecule has 4 saturated heterocycles. The molecule has 4 N–H and O–H groups in total. The van der Waals surface area contributed by atoms with Crippen LogP contribution < -0.4 is 64.2 Å². The van der Waals surface area contributed by atoms with E-state index in [2.05, 4.69) is 17.2 Å². The molecule has 1 aromatic heterocycles. The summed E-state index contributed by atoms with van der Waals surface area (Å²) in [5.74, 6) is -3.51. The van der Waals surface area contributed by atoms with Crippen LogP contribution in [0.2, 0.25) is 0 Å². The van der Waals surface area contributed by atoms with Crippen LogP contribution in [0.4, 0.5) is 8.78 Å². The van der Waals surface area contributed by atoms with Gasteiger partial charge in [0.1, 0.15) is 35.9 Å². The molecule has 376 valence electrons. The fourth-order valence-corrected chi connectivity index (χ4v) is 8.00. The van der Waals surface area contributed by atoms with E-state index in [1.807, 2.05) is 13.8 Å². The second-order valence-electron chi connectivity index (χ2n) is 16.1. The molecular formula is C39H58F2N5Na2O19S-. The third-order valence-electron chi connectivity index (χ3n) is 11.4. The Labute approximate surface area is 436 Å². The van der Waals surface area contributed by atoms with E-state index in [-0.39, 0.29) is 141 Å². The fourth-order valence-electron chi connectivity index (χ4n) is 8.00. The number of carboxylic acids is 1. The van der Waals surface area contributed by atoms with E-state index in [1.54, 1.807) is 11.1 Å². The molecule has 3 amide bonds. The van der Waals surface area contributed by atoms with Crippen molar-refractivity contribution >= 4 is 39.9 Å². The monoisotopic (exact) mass is 1020 g/mol. The summed E-state index contributed by atoms with van der Waals surface area (Å²) in [7, 11) is -4.92. The summed E-state index contributed by atoms with van der Waals surface area (Å²) in [5, 5.41) is 50.2. The first-order valence-electron chi connectivity index (χ1n) is 21.4. The molecule has 0 spiro atoms. The van der Waals surface area contributed by atoms with Crippen molar-refractivity contribution in [2.45, 2.75) is 153 Å². The van der Waals surface area contributed by atoms with E-state index in [0.717, 1.165) is 0 Å². The van der Waals surface area contributed by atoms with Crippen molar-refractivity contribution in [3.05, 3.63) is 18.8 Å². The van der Waals surface area contributed by atoms with Crippen LogP contribution in [0.1, 0.15) is 71.4 Å². The first-order chi connectivity index (χ1) is 31.1. The summed E-state index contributed by atoms with van der Waals surface area (Å²) in [5.41, 5.74) is 0.473. The molecule has 0 aromatic carbocycles. The number of halogens is 2. The Morgan fingerprint density at radius 2 is 1.49 bits per heavy atom. The number of carboxylic acid groups (broad SMARTS) is 1. The van der Waals surface area contributed by atoms with Crippen LogP contribution in [0.5, 0.6) is 0 Å². The zero-order chi connectivity index (χ0) is 49.0. The molecule has 24 nitrogen and oxygen atoms in total. The van der Waals surface area contributed by atoms with Crippen LogP contribution in [0.15, 0.2) is 6.20 Å². The predicted octanol–water partition coefficient (Wildman–Crippen LogP) is -8.44. The van der Waals surface area contributed by atoms with E-state index in [9.17, 15) is 48.8 Å². The number of rotatable bonds is 23. The SMILES string of the molecule is O=S(=O)([O-])O.[CH2-]C1O[C@H](O[C@@H]2C(C(=O)[O-])O[C@@H](OCCOCCn3cc(CN(CCCCCN4C(=O)[C@@H]5[C@H](C4=O)[C@H](CC)O[C@@H]5CC)C(=O)CCC(C)=O)nn3)C(F)[C@H]2O)C(F)[C@@H](O)[C@@H]1O.[Na+].[Na+]. The summed E-state index contributed by atoms with van der Waals surface area (Å²) in [6.07, 6.45) is -15.9. The van der Waals surface area contributed by atoms with E-state index >= 15 is 4.39 Å². The van der Waals surface area contributed by atoms with Gasteiger partial charge in [-0.05, 0) is 45.1 Å². The topological polar surface area (TPSA) is 339 Å². The second kappa shape index (κ2) is 29.1. The number of aliphatic hydroxyl groups excluding tert-OH is 3. The molecule has 0 aliphatic carbocycles. The Hall–Kier alpha value is -1.74. The number of ether oxygens (including phenoxy) is 6. The van der Waals surface area contributed by atoms with E-state index in [1.165, 1.54) is 16.5 Å². The van der Waals surface area contributed by atoms with Gasteiger partial charge in [0.15, 0.2) is 24.9 Å². The maximum absolute atomic E-state index is 15.1. The second-order valence-corrected chi connectivity index (χ2v) is 17.0. The van der Waals surface area contributed by atoms with Crippen molar-refractivity contribution in [2.24, 2.45) is 11.8 Å². The number of aliphatic hydroxyl groups is 3. The van der Waals surface area contributed by atoms with Gasteiger partial charge in [-0.15, -0.1) is 5.10 Å². The Kier molecular flexibility index (Phi) is 26.7. The number of hydrogen-bond donors (Lipinski definition) is 4. The van der Waals surface area contributed by atoms with Gasteiger partial charge in [0, 0.05) is 25.9 Å². The number of ketones is 1. The van der Waals surface area contributed by atoms with Crippen molar-refractivity contribution < 1.29 is 158 Å². The minimum atomic E-state index is -4.92. The van der Waals surface area contributed by atoms with Crippen LogP contribution in [0.25, 0.3) is 0 Å². The molecule has 0 saturated carbocycles. The number of carbonyl (C=O) groups is 5. The number of likely N-dealkylation sites (tertiary alicyclic amines) is 1. The van der Waals surface area contributed by atoms with Crippen molar-refractivity contribution in [1.82, 2.24) is 24.8 Å². The standard InChI is InChI=1S/C39H58F2N5O15.2Na.H2O4S/c1-5-23-26-27(24(6-2)59-23)36(53)46(35(26)52)13-9-7-8-12-44(25(48)11-10-20(3)47)18-22-19-45(43-42-22)14-15-56-16-17-57-38-29(41)32(51)33(34(61-38)37(54)55)60-39-28(40)31(50)30(49)21(4)58-39;;;1-5(2,3)4/h19,21,23-24,26-34,38-39,49-51H,4-18H2,1-3H3,(H,54,55);;;(H2,1,2,3,4)/q-1;2*+1;/p-2/t21?,23-,24+,26+,27-,28?,29?,30-,31-,32-,33+,34?,38-,39-;;;/m1.../s1. The third-order valence-corrected chi connectivity index (χ3v) is 11.4. The van der Waals surface area contributed by atoms with Crippen LogP contribution in [0.3, 0.4) is 0 Å². The van der Waals surface area contributed by atoms with Gasteiger partial charge in [-0.3, -0.25) is 23.8 Å². The molecule has 1 aromatic rings. The Morgan fingerprint density at radius 3 is 2.06 bits per heavy atom. The van der Waals surface area contributed by atoms with Crippen molar-refractivity contribution in [1.29, 1.82) is 0 Å². The maximum atomic E-state index is 15.1. The van der Waals surface area contributed by atoms with Gasteiger partial charge >= 0.3 is 59.1 Å². The summed E-state index contributed by atoms with van der Waals surface area (Å²) < 4.78 is 96.1. The van der Waals surface area contributed by atoms with Crippen molar-refractivity contribution in [3.63, 3.8) is 0 Å². The molecule has 29 heteroatoms. The maximum Gasteiger partial charge on any atom is 1.00 e. The number of imide groups is 1. The van der Waals surface area contributed by atoms with Crippen LogP contribution >= 0.6 is 0 Å². The molecule has 4 aliphatic rings. The van der Waals surface area contributed by atoms with Crippen molar-refractivity contribution in [2.75, 3.05) is 32.9 Å². The average molecular weight is 1020 g/mol. The molecule has 4 fully saturated rings. The number of unbranched alkanes of at least 4 members (excludes halogenated alkanes) is 2. The average Bonchev–Trinajstić information content (AvgIpc) is 3.94. The van der Waals surface area contributed by atoms with Crippen LogP contribution in [0, 0.1) is 18.8 Å². The molecule has 0 radical (unpaired) electrons. The Bertz CT molecular complexity index is 1880. The van der Waals surface area contributed by atoms with Crippen LogP contribution in [-0.4, -0.2) is 194 Å². The van der Waals surface area contributed by atoms with Gasteiger partial charge in [0.05, 0.1) is 75.2 Å². The first-order valence-corrected chi connectivity index (χ1v) is 22.8. The van der Waals surface area contributed by atoms with Gasteiger partial charge in [-0.2, -0.15) is 0 Å². The molecule has 68 heavy (non-hydrogen) atoms. The molecule has 4 aliphatic heterocycles. The van der Waals surface area contributed by atoms with Gasteiger partial charge in [-0.1, -0.05) is 19.1 Å². The molecule has 4 unspecified atom stereocenters. The summed E-state index contributed by atoms with van der Waals surface area (Å²) in [6.45, 7) is 9.30. The van der Waals surface area contributed by atoms with Gasteiger partial charge in [0.2, 0.25) is 28.1 Å². The largest absolute Gasteiger partial charge is 1.00 e. The Balaban J connectivity index is 0.00000215. The zero-order valence-electron chi connectivity index (χ0n) is 38.6. The predicted molar refractivity (Wildman–Crippen MR) is 212 cm³/mol. The smallest absolute Gasteiger partial charge is 0.726 e. The van der Waals surface area contributed by atoms with E-state index < -0.39 is 89.8 Å². The molecular weight excluding hydrogens is 958 g/mol. The number of Topliss-reactive ketones (excluding diaryl/α,β-unsaturated/α-hetero) is 1. The van der Waals surface area contributed by atoms with Gasteiger partial charge in [-0.25, -0.2) is 21.9 Å². The normalized spacial score (nSPS) is 31.2. The van der Waals surface area contributed by atoms with E-state index in [0.29, 0.717) is 50.9 Å². The number of alkyl halides is 2. The molecule has 14 atom stereocenters. The quantitative estimate of drug-likeness (QED) is 0.0198. The Morgan fingerprint density at radius 1 is 0.882 bits per heavy atom. The summed E-state index contributed by atoms with van der Waals surface area (Å²) >= 11 is 0. The zero-order valence-corrected chi connectivity index (χ0v) is 43.4. The van der Waals surface area contributed by atoms with E-state index in [4.69, 9.17) is 45.9 Å². The minimum Gasteiger partial charge on any atom is -0.726 e. The summed E-state index contributed by atoms with van der Waals surface area (Å²) in [4.78, 5) is 65.8. The minimum absolute atomic E-state index is 0. The number of carbonyl (C=O) groups excluding carboxylic acids is 5. The number of aliphatic carboxylic acids is 1. The first kappa shape index (κ1) is 62.4. The number of amides is 3. The van der Waals surface area contributed by atoms with Crippen molar-refractivity contribution in [3.8, 4) is 0 Å². The van der Waals surface area contributed by atoms with Gasteiger partial charge in [0.25, 0.3) is 0 Å². The fraction of sp³-hybridized carbons (Fsp3) is 0.795. The molecule has 0 bridgehead atoms. The summed E-state index contributed by atoms with van der Waals surface area (Å²) in [6, 6.07) is 0. The number of fused-ring (bicyclic) bond motifs is 1. The third kappa shape index (κ3) is 17.5. The molecule has 5 heterocycles. The van der Waals surface area contributed by atoms with Crippen LogP contribution in [-0.2, 0) is 75.9 Å².